The number of aromatic amines is 1. The van der Waals surface area contributed by atoms with Crippen molar-refractivity contribution in [3.63, 3.8) is 0 Å². The summed E-state index contributed by atoms with van der Waals surface area (Å²) in [5.41, 5.74) is 4.20. The summed E-state index contributed by atoms with van der Waals surface area (Å²) in [4.78, 5) is 38.7. The minimum absolute atomic E-state index is 0.00547. The molecule has 0 unspecified atom stereocenters. The van der Waals surface area contributed by atoms with Crippen molar-refractivity contribution in [1.29, 1.82) is 0 Å². The van der Waals surface area contributed by atoms with Crippen molar-refractivity contribution in [1.82, 2.24) is 15.7 Å². The number of ether oxygens (including phenoxy) is 1. The van der Waals surface area contributed by atoms with E-state index >= 15 is 0 Å². The lowest BCUT2D eigenvalue weighted by Gasteiger charge is -2.17. The summed E-state index contributed by atoms with van der Waals surface area (Å²) in [6.45, 7) is 4.01. The summed E-state index contributed by atoms with van der Waals surface area (Å²) < 4.78 is 5.16. The van der Waals surface area contributed by atoms with E-state index < -0.39 is 23.0 Å². The lowest BCUT2D eigenvalue weighted by molar-refractivity contribution is -0.384. The highest BCUT2D eigenvalue weighted by Crippen LogP contribution is 2.24. The van der Waals surface area contributed by atoms with Gasteiger partial charge in [-0.25, -0.2) is 10.2 Å². The van der Waals surface area contributed by atoms with Crippen LogP contribution in [0.4, 0.5) is 10.5 Å². The summed E-state index contributed by atoms with van der Waals surface area (Å²) in [6, 6.07) is 10.8. The molecule has 3 rings (SSSR count). The van der Waals surface area contributed by atoms with Crippen molar-refractivity contribution in [2.24, 2.45) is 11.0 Å². The van der Waals surface area contributed by atoms with Gasteiger partial charge in [0.15, 0.2) is 0 Å². The van der Waals surface area contributed by atoms with E-state index in [-0.39, 0.29) is 29.7 Å². The number of nitrogens with one attached hydrogen (secondary N) is 3. The molecule has 0 saturated heterocycles. The zero-order chi connectivity index (χ0) is 24.7. The molecule has 0 bridgehead atoms. The first-order chi connectivity index (χ1) is 16.2. The van der Waals surface area contributed by atoms with Gasteiger partial charge in [-0.1, -0.05) is 49.7 Å². The number of para-hydroxylation sites is 1. The van der Waals surface area contributed by atoms with Crippen molar-refractivity contribution < 1.29 is 19.2 Å². The minimum Gasteiger partial charge on any atom is -0.449 e. The molecule has 0 aliphatic carbocycles. The Morgan fingerprint density at radius 1 is 1.26 bits per heavy atom. The average molecular weight is 486 g/mol. The highest BCUT2D eigenvalue weighted by molar-refractivity contribution is 6.32. The molecule has 178 valence electrons. The van der Waals surface area contributed by atoms with Crippen LogP contribution < -0.4 is 10.7 Å². The third kappa shape index (κ3) is 6.55. The summed E-state index contributed by atoms with van der Waals surface area (Å²) in [7, 11) is 0. The van der Waals surface area contributed by atoms with E-state index in [1.54, 1.807) is 6.20 Å². The molecule has 0 radical (unpaired) electrons. The van der Waals surface area contributed by atoms with E-state index in [9.17, 15) is 19.7 Å². The Morgan fingerprint density at radius 2 is 2.03 bits per heavy atom. The van der Waals surface area contributed by atoms with Crippen molar-refractivity contribution in [2.75, 3.05) is 6.61 Å². The number of benzene rings is 2. The number of carbonyl (C=O) groups excluding carboxylic acids is 2. The molecule has 0 saturated carbocycles. The number of halogens is 1. The summed E-state index contributed by atoms with van der Waals surface area (Å²) in [5, 5.41) is 18.4. The highest BCUT2D eigenvalue weighted by atomic mass is 35.5. The zero-order valence-corrected chi connectivity index (χ0v) is 19.3. The second kappa shape index (κ2) is 11.3. The summed E-state index contributed by atoms with van der Waals surface area (Å²) in [6.07, 6.45) is 2.50. The third-order valence-corrected chi connectivity index (χ3v) is 5.13. The smallest absolute Gasteiger partial charge is 0.407 e. The quantitative estimate of drug-likeness (QED) is 0.237. The largest absolute Gasteiger partial charge is 0.449 e. The molecule has 0 spiro atoms. The lowest BCUT2D eigenvalue weighted by Crippen LogP contribution is -2.47. The Bertz CT molecular complexity index is 1220. The number of aromatic nitrogens is 1. The van der Waals surface area contributed by atoms with Gasteiger partial charge in [-0.15, -0.1) is 0 Å². The standard InChI is InChI=1S/C23H24ClN5O5/c1-14(2)13-34-23(31)27-20(10-16-12-25-19-6-4-3-5-17(16)19)22(30)28-26-11-15-7-8-18(24)21(9-15)29(32)33/h3-9,11-12,14,20,25H,10,13H2,1-2H3,(H,27,31)(H,28,30)/b26-11-/t20-/m1/s1. The SMILES string of the molecule is CC(C)COC(=O)N[C@H](Cc1c[nH]c2ccccc12)C(=O)N/N=C\c1ccc(Cl)c([N+](=O)[O-])c1. The second-order valence-corrected chi connectivity index (χ2v) is 8.36. The molecule has 34 heavy (non-hydrogen) atoms. The van der Waals surface area contributed by atoms with Crippen molar-refractivity contribution >= 4 is 46.4 Å². The van der Waals surface area contributed by atoms with E-state index in [1.165, 1.54) is 24.4 Å². The Kier molecular flexibility index (Phi) is 8.20. The molecule has 0 aliphatic rings. The molecule has 11 heteroatoms. The van der Waals surface area contributed by atoms with E-state index in [1.807, 2.05) is 38.1 Å². The number of rotatable bonds is 9. The highest BCUT2D eigenvalue weighted by Gasteiger charge is 2.23. The fraction of sp³-hybridized carbons (Fsp3) is 0.261. The van der Waals surface area contributed by atoms with Gasteiger partial charge < -0.3 is 15.0 Å². The van der Waals surface area contributed by atoms with Gasteiger partial charge in [0.2, 0.25) is 0 Å². The lowest BCUT2D eigenvalue weighted by atomic mass is 10.0. The normalized spacial score (nSPS) is 12.1. The van der Waals surface area contributed by atoms with Gasteiger partial charge in [-0.05, 0) is 23.6 Å². The van der Waals surface area contributed by atoms with Gasteiger partial charge in [-0.3, -0.25) is 14.9 Å². The number of nitro groups is 1. The van der Waals surface area contributed by atoms with Crippen molar-refractivity contribution in [3.8, 4) is 0 Å². The number of hydrazone groups is 1. The van der Waals surface area contributed by atoms with Crippen LogP contribution in [0.2, 0.25) is 5.02 Å². The predicted molar refractivity (Wildman–Crippen MR) is 129 cm³/mol. The van der Waals surface area contributed by atoms with Gasteiger partial charge in [-0.2, -0.15) is 5.10 Å². The maximum absolute atomic E-state index is 12.9. The maximum Gasteiger partial charge on any atom is 0.407 e. The number of H-pyrrole nitrogens is 1. The fourth-order valence-electron chi connectivity index (χ4n) is 3.15. The van der Waals surface area contributed by atoms with Crippen LogP contribution in [0.25, 0.3) is 10.9 Å². The molecular weight excluding hydrogens is 462 g/mol. The topological polar surface area (TPSA) is 139 Å². The van der Waals surface area contributed by atoms with Crippen LogP contribution in [0.15, 0.2) is 53.8 Å². The van der Waals surface area contributed by atoms with Gasteiger partial charge in [0, 0.05) is 35.2 Å². The monoisotopic (exact) mass is 485 g/mol. The minimum atomic E-state index is -0.976. The average Bonchev–Trinajstić information content (AvgIpc) is 3.21. The first-order valence-electron chi connectivity index (χ1n) is 10.5. The Morgan fingerprint density at radius 3 is 2.76 bits per heavy atom. The predicted octanol–water partition coefficient (Wildman–Crippen LogP) is 4.17. The Balaban J connectivity index is 1.74. The Hall–Kier alpha value is -3.92. The fourth-order valence-corrected chi connectivity index (χ4v) is 3.34. The second-order valence-electron chi connectivity index (χ2n) is 7.96. The van der Waals surface area contributed by atoms with Crippen LogP contribution in [-0.2, 0) is 16.0 Å². The van der Waals surface area contributed by atoms with Crippen LogP contribution in [-0.4, -0.2) is 40.8 Å². The van der Waals surface area contributed by atoms with Crippen LogP contribution >= 0.6 is 11.6 Å². The number of amides is 2. The van der Waals surface area contributed by atoms with Crippen molar-refractivity contribution in [2.45, 2.75) is 26.3 Å². The molecule has 0 aliphatic heterocycles. The zero-order valence-electron chi connectivity index (χ0n) is 18.6. The Labute approximate surface area is 200 Å². The molecule has 2 aromatic carbocycles. The molecule has 1 aromatic heterocycles. The molecule has 2 amide bonds. The number of nitrogens with zero attached hydrogens (tertiary/aromatic N) is 2. The van der Waals surface area contributed by atoms with Gasteiger partial charge >= 0.3 is 6.09 Å². The molecule has 1 atom stereocenters. The number of fused-ring (bicyclic) bond motifs is 1. The molecule has 1 heterocycles. The molecule has 0 fully saturated rings. The molecular formula is C23H24ClN5O5. The van der Waals surface area contributed by atoms with Crippen LogP contribution in [0.1, 0.15) is 25.0 Å². The van der Waals surface area contributed by atoms with Crippen LogP contribution in [0.5, 0.6) is 0 Å². The van der Waals surface area contributed by atoms with E-state index in [0.717, 1.165) is 16.5 Å². The summed E-state index contributed by atoms with van der Waals surface area (Å²) >= 11 is 5.81. The van der Waals surface area contributed by atoms with Gasteiger partial charge in [0.1, 0.15) is 11.1 Å². The number of nitro benzene ring substituents is 1. The molecule has 3 aromatic rings. The molecule has 10 nitrogen and oxygen atoms in total. The van der Waals surface area contributed by atoms with E-state index in [2.05, 4.69) is 20.8 Å². The van der Waals surface area contributed by atoms with Crippen LogP contribution in [0, 0.1) is 16.0 Å². The van der Waals surface area contributed by atoms with Crippen LogP contribution in [0.3, 0.4) is 0 Å². The first-order valence-corrected chi connectivity index (χ1v) is 10.9. The first kappa shape index (κ1) is 24.7. The van der Waals surface area contributed by atoms with Gasteiger partial charge in [0.05, 0.1) is 17.7 Å². The number of carbonyl (C=O) groups is 2. The number of alkyl carbamates (subject to hydrolysis) is 1. The van der Waals surface area contributed by atoms with Gasteiger partial charge in [0.25, 0.3) is 11.6 Å². The van der Waals surface area contributed by atoms with E-state index in [4.69, 9.17) is 16.3 Å². The summed E-state index contributed by atoms with van der Waals surface area (Å²) in [5.74, 6) is -0.439. The van der Waals surface area contributed by atoms with E-state index in [0.29, 0.717) is 5.56 Å². The van der Waals surface area contributed by atoms with Crippen molar-refractivity contribution in [3.05, 3.63) is 74.9 Å². The molecule has 3 N–H and O–H groups in total. The number of hydrogen-bond acceptors (Lipinski definition) is 6. The maximum atomic E-state index is 12.9. The third-order valence-electron chi connectivity index (χ3n) is 4.81. The number of hydrogen-bond donors (Lipinski definition) is 3.